The van der Waals surface area contributed by atoms with Crippen molar-refractivity contribution in [2.75, 3.05) is 24.5 Å². The number of benzene rings is 1. The molecule has 7 heteroatoms. The largest absolute Gasteiger partial charge is 0.391 e. The summed E-state index contributed by atoms with van der Waals surface area (Å²) in [5.41, 5.74) is 0.406. The third-order valence-electron chi connectivity index (χ3n) is 4.16. The zero-order valence-corrected chi connectivity index (χ0v) is 12.6. The number of aliphatic hydroxyl groups is 1. The number of β-amino-alcohol motifs (C(OH)–C–C–N with tert-alkyl or cyclic N) is 1. The SMILES string of the molecule is O=C(C1CC(=O)N(c2ccc(Cl)c(F)c2)C1)N1CC[C@@H](O)C1. The Kier molecular flexibility index (Phi) is 4.06. The normalized spacial score (nSPS) is 25.1. The summed E-state index contributed by atoms with van der Waals surface area (Å²) in [7, 11) is 0. The van der Waals surface area contributed by atoms with E-state index < -0.39 is 17.8 Å². The van der Waals surface area contributed by atoms with Gasteiger partial charge in [-0.25, -0.2) is 4.39 Å². The molecule has 0 aliphatic carbocycles. The fourth-order valence-electron chi connectivity index (χ4n) is 2.98. The second-order valence-electron chi connectivity index (χ2n) is 5.73. The van der Waals surface area contributed by atoms with Crippen LogP contribution in [0.1, 0.15) is 12.8 Å². The fourth-order valence-corrected chi connectivity index (χ4v) is 3.09. The third-order valence-corrected chi connectivity index (χ3v) is 4.47. The number of anilines is 1. The summed E-state index contributed by atoms with van der Waals surface area (Å²) in [5.74, 6) is -1.37. The van der Waals surface area contributed by atoms with Crippen LogP contribution in [-0.4, -0.2) is 47.6 Å². The molecule has 0 spiro atoms. The van der Waals surface area contributed by atoms with E-state index >= 15 is 0 Å². The Labute approximate surface area is 132 Å². The average Bonchev–Trinajstić information content (AvgIpc) is 3.07. The highest BCUT2D eigenvalue weighted by molar-refractivity contribution is 6.30. The number of carbonyl (C=O) groups excluding carboxylic acids is 2. The number of aliphatic hydroxyl groups excluding tert-OH is 1. The highest BCUT2D eigenvalue weighted by Crippen LogP contribution is 2.29. The van der Waals surface area contributed by atoms with Crippen molar-refractivity contribution in [2.24, 2.45) is 5.92 Å². The number of nitrogens with zero attached hydrogens (tertiary/aromatic N) is 2. The molecule has 2 heterocycles. The zero-order valence-electron chi connectivity index (χ0n) is 11.8. The highest BCUT2D eigenvalue weighted by Gasteiger charge is 2.38. The Bertz CT molecular complexity index is 625. The van der Waals surface area contributed by atoms with E-state index in [9.17, 15) is 19.1 Å². The molecule has 0 bridgehead atoms. The van der Waals surface area contributed by atoms with Gasteiger partial charge in [-0.2, -0.15) is 0 Å². The van der Waals surface area contributed by atoms with Crippen LogP contribution < -0.4 is 4.90 Å². The van der Waals surface area contributed by atoms with Crippen LogP contribution in [0.3, 0.4) is 0 Å². The molecule has 0 aromatic heterocycles. The van der Waals surface area contributed by atoms with Gasteiger partial charge in [-0.05, 0) is 24.6 Å². The van der Waals surface area contributed by atoms with E-state index in [0.29, 0.717) is 25.2 Å². The molecular weight excluding hydrogens is 311 g/mol. The van der Waals surface area contributed by atoms with Crippen molar-refractivity contribution < 1.29 is 19.1 Å². The molecule has 2 amide bonds. The number of carbonyl (C=O) groups is 2. The van der Waals surface area contributed by atoms with Crippen LogP contribution in [-0.2, 0) is 9.59 Å². The van der Waals surface area contributed by atoms with Gasteiger partial charge in [0.05, 0.1) is 17.0 Å². The first-order valence-electron chi connectivity index (χ1n) is 7.18. The van der Waals surface area contributed by atoms with E-state index in [4.69, 9.17) is 11.6 Å². The Morgan fingerprint density at radius 2 is 2.14 bits per heavy atom. The maximum atomic E-state index is 13.5. The van der Waals surface area contributed by atoms with Crippen LogP contribution in [0.5, 0.6) is 0 Å². The van der Waals surface area contributed by atoms with Crippen LogP contribution in [0, 0.1) is 11.7 Å². The predicted octanol–water partition coefficient (Wildman–Crippen LogP) is 1.43. The molecule has 2 atom stereocenters. The molecule has 1 N–H and O–H groups in total. The lowest BCUT2D eigenvalue weighted by Crippen LogP contribution is -2.36. The Balaban J connectivity index is 1.72. The first-order chi connectivity index (χ1) is 10.5. The first-order valence-corrected chi connectivity index (χ1v) is 7.56. The number of amides is 2. The summed E-state index contributed by atoms with van der Waals surface area (Å²) < 4.78 is 13.5. The van der Waals surface area contributed by atoms with Crippen molar-refractivity contribution in [2.45, 2.75) is 18.9 Å². The first kappa shape index (κ1) is 15.2. The number of likely N-dealkylation sites (tertiary alicyclic amines) is 1. The molecule has 2 fully saturated rings. The van der Waals surface area contributed by atoms with Crippen molar-refractivity contribution in [1.82, 2.24) is 4.90 Å². The van der Waals surface area contributed by atoms with Gasteiger partial charge in [-0.15, -0.1) is 0 Å². The lowest BCUT2D eigenvalue weighted by atomic mass is 10.1. The maximum absolute atomic E-state index is 13.5. The van der Waals surface area contributed by atoms with E-state index in [1.54, 1.807) is 11.0 Å². The molecule has 2 aliphatic heterocycles. The molecular formula is C15H16ClFN2O3. The summed E-state index contributed by atoms with van der Waals surface area (Å²) in [6, 6.07) is 4.16. The molecule has 22 heavy (non-hydrogen) atoms. The number of hydrogen-bond donors (Lipinski definition) is 1. The molecule has 3 rings (SSSR count). The van der Waals surface area contributed by atoms with Crippen molar-refractivity contribution in [3.8, 4) is 0 Å². The van der Waals surface area contributed by atoms with E-state index in [1.807, 2.05) is 0 Å². The minimum Gasteiger partial charge on any atom is -0.391 e. The van der Waals surface area contributed by atoms with Crippen LogP contribution in [0.25, 0.3) is 0 Å². The highest BCUT2D eigenvalue weighted by atomic mass is 35.5. The van der Waals surface area contributed by atoms with Gasteiger partial charge in [0.2, 0.25) is 11.8 Å². The standard InChI is InChI=1S/C15H16ClFN2O3/c16-12-2-1-10(6-13(12)17)19-7-9(5-14(19)21)15(22)18-4-3-11(20)8-18/h1-2,6,9,11,20H,3-5,7-8H2/t9?,11-/m1/s1. The molecule has 0 saturated carbocycles. The number of hydrogen-bond acceptors (Lipinski definition) is 3. The number of halogens is 2. The Hall–Kier alpha value is -1.66. The summed E-state index contributed by atoms with van der Waals surface area (Å²) >= 11 is 5.64. The van der Waals surface area contributed by atoms with Crippen molar-refractivity contribution >= 4 is 29.1 Å². The monoisotopic (exact) mass is 326 g/mol. The van der Waals surface area contributed by atoms with Crippen LogP contribution in [0.15, 0.2) is 18.2 Å². The molecule has 2 saturated heterocycles. The van der Waals surface area contributed by atoms with E-state index in [-0.39, 0.29) is 29.8 Å². The van der Waals surface area contributed by atoms with Gasteiger partial charge in [0.25, 0.3) is 0 Å². The van der Waals surface area contributed by atoms with Crippen LogP contribution >= 0.6 is 11.6 Å². The molecule has 1 aromatic carbocycles. The lowest BCUT2D eigenvalue weighted by molar-refractivity contribution is -0.135. The Morgan fingerprint density at radius 1 is 1.36 bits per heavy atom. The maximum Gasteiger partial charge on any atom is 0.228 e. The van der Waals surface area contributed by atoms with Crippen molar-refractivity contribution in [1.29, 1.82) is 0 Å². The summed E-state index contributed by atoms with van der Waals surface area (Å²) in [6.07, 6.45) is 0.191. The van der Waals surface area contributed by atoms with Gasteiger partial charge < -0.3 is 14.9 Å². The van der Waals surface area contributed by atoms with E-state index in [0.717, 1.165) is 0 Å². The quantitative estimate of drug-likeness (QED) is 0.894. The number of rotatable bonds is 2. The van der Waals surface area contributed by atoms with Crippen LogP contribution in [0.2, 0.25) is 5.02 Å². The van der Waals surface area contributed by atoms with Gasteiger partial charge >= 0.3 is 0 Å². The molecule has 5 nitrogen and oxygen atoms in total. The third kappa shape index (κ3) is 2.80. The van der Waals surface area contributed by atoms with Gasteiger partial charge in [-0.1, -0.05) is 11.6 Å². The average molecular weight is 327 g/mol. The smallest absolute Gasteiger partial charge is 0.228 e. The van der Waals surface area contributed by atoms with Gasteiger partial charge in [0.15, 0.2) is 0 Å². The zero-order chi connectivity index (χ0) is 15.9. The second-order valence-corrected chi connectivity index (χ2v) is 6.14. The summed E-state index contributed by atoms with van der Waals surface area (Å²) in [5, 5.41) is 9.50. The Morgan fingerprint density at radius 3 is 2.77 bits per heavy atom. The predicted molar refractivity (Wildman–Crippen MR) is 79.1 cm³/mol. The molecule has 1 unspecified atom stereocenters. The van der Waals surface area contributed by atoms with Gasteiger partial charge in [-0.3, -0.25) is 9.59 Å². The van der Waals surface area contributed by atoms with E-state index in [1.165, 1.54) is 17.0 Å². The van der Waals surface area contributed by atoms with Gasteiger partial charge in [0, 0.05) is 31.7 Å². The lowest BCUT2D eigenvalue weighted by Gasteiger charge is -2.20. The van der Waals surface area contributed by atoms with Crippen LogP contribution in [0.4, 0.5) is 10.1 Å². The summed E-state index contributed by atoms with van der Waals surface area (Å²) in [6.45, 7) is 1.06. The fraction of sp³-hybridized carbons (Fsp3) is 0.467. The van der Waals surface area contributed by atoms with Crippen molar-refractivity contribution in [3.63, 3.8) is 0 Å². The minimum atomic E-state index is -0.593. The molecule has 118 valence electrons. The minimum absolute atomic E-state index is 0.00548. The molecule has 0 radical (unpaired) electrons. The topological polar surface area (TPSA) is 60.9 Å². The molecule has 2 aliphatic rings. The molecule has 1 aromatic rings. The van der Waals surface area contributed by atoms with E-state index in [2.05, 4.69) is 0 Å². The van der Waals surface area contributed by atoms with Gasteiger partial charge in [0.1, 0.15) is 5.82 Å². The summed E-state index contributed by atoms with van der Waals surface area (Å²) in [4.78, 5) is 27.5. The second kappa shape index (κ2) is 5.85. The van der Waals surface area contributed by atoms with Crippen molar-refractivity contribution in [3.05, 3.63) is 29.0 Å².